The summed E-state index contributed by atoms with van der Waals surface area (Å²) >= 11 is 0. The van der Waals surface area contributed by atoms with Crippen molar-refractivity contribution in [3.63, 3.8) is 0 Å². The molecule has 100 valence electrons. The van der Waals surface area contributed by atoms with Gasteiger partial charge in [-0.15, -0.1) is 0 Å². The zero-order valence-corrected chi connectivity index (χ0v) is 11.1. The number of nitrogens with two attached hydrogens (primary N) is 1. The lowest BCUT2D eigenvalue weighted by Gasteiger charge is -2.23. The number of aryl methyl sites for hydroxylation is 1. The standard InChI is InChI=1S/C13H23N5/c1-18-12(8-10-16-18)7-9-15-13(14)17-11-5-3-2-4-6-11/h8,10-11H,2-7,9H2,1H3,(H3,14,15,17). The summed E-state index contributed by atoms with van der Waals surface area (Å²) in [5.74, 6) is 0.587. The topological polar surface area (TPSA) is 68.2 Å². The van der Waals surface area contributed by atoms with E-state index in [-0.39, 0.29) is 0 Å². The third-order valence-electron chi connectivity index (χ3n) is 3.53. The fourth-order valence-electron chi connectivity index (χ4n) is 2.44. The van der Waals surface area contributed by atoms with Crippen molar-refractivity contribution in [1.29, 1.82) is 0 Å². The quantitative estimate of drug-likeness (QED) is 0.622. The molecule has 1 aliphatic rings. The van der Waals surface area contributed by atoms with Crippen LogP contribution in [0, 0.1) is 0 Å². The number of aromatic nitrogens is 2. The van der Waals surface area contributed by atoms with Crippen LogP contribution in [0.5, 0.6) is 0 Å². The third-order valence-corrected chi connectivity index (χ3v) is 3.53. The molecule has 3 N–H and O–H groups in total. The van der Waals surface area contributed by atoms with Crippen LogP contribution >= 0.6 is 0 Å². The molecule has 0 radical (unpaired) electrons. The highest BCUT2D eigenvalue weighted by Gasteiger charge is 2.13. The minimum Gasteiger partial charge on any atom is -0.370 e. The first-order valence-corrected chi connectivity index (χ1v) is 6.79. The fraction of sp³-hybridized carbons (Fsp3) is 0.692. The molecule has 1 aromatic heterocycles. The molecule has 1 saturated carbocycles. The molecule has 0 atom stereocenters. The largest absolute Gasteiger partial charge is 0.370 e. The Morgan fingerprint density at radius 3 is 2.94 bits per heavy atom. The summed E-state index contributed by atoms with van der Waals surface area (Å²) in [7, 11) is 1.95. The van der Waals surface area contributed by atoms with Gasteiger partial charge in [0.15, 0.2) is 5.96 Å². The minimum absolute atomic E-state index is 0.527. The Labute approximate surface area is 108 Å². The molecule has 0 spiro atoms. The second kappa shape index (κ2) is 6.42. The number of guanidine groups is 1. The summed E-state index contributed by atoms with van der Waals surface area (Å²) in [6.07, 6.45) is 9.10. The Bertz CT molecular complexity index is 390. The number of rotatable bonds is 4. The molecule has 0 unspecified atom stereocenters. The minimum atomic E-state index is 0.527. The van der Waals surface area contributed by atoms with Crippen molar-refractivity contribution in [3.05, 3.63) is 18.0 Å². The van der Waals surface area contributed by atoms with Gasteiger partial charge in [0.05, 0.1) is 0 Å². The van der Waals surface area contributed by atoms with Gasteiger partial charge in [-0.2, -0.15) is 5.10 Å². The van der Waals surface area contributed by atoms with Gasteiger partial charge in [0.2, 0.25) is 0 Å². The highest BCUT2D eigenvalue weighted by atomic mass is 15.3. The van der Waals surface area contributed by atoms with E-state index in [1.165, 1.54) is 37.8 Å². The lowest BCUT2D eigenvalue weighted by atomic mass is 9.96. The van der Waals surface area contributed by atoms with Crippen molar-refractivity contribution in [3.8, 4) is 0 Å². The first-order valence-electron chi connectivity index (χ1n) is 6.79. The number of nitrogens with zero attached hydrogens (tertiary/aromatic N) is 3. The van der Waals surface area contributed by atoms with Gasteiger partial charge in [-0.05, 0) is 18.9 Å². The lowest BCUT2D eigenvalue weighted by molar-refractivity contribution is 0.412. The zero-order valence-electron chi connectivity index (χ0n) is 11.1. The van der Waals surface area contributed by atoms with Crippen molar-refractivity contribution in [2.75, 3.05) is 6.54 Å². The Kier molecular flexibility index (Phi) is 4.61. The molecule has 5 heteroatoms. The molecule has 1 aliphatic carbocycles. The van der Waals surface area contributed by atoms with E-state index >= 15 is 0 Å². The van der Waals surface area contributed by atoms with E-state index in [1.807, 2.05) is 24.0 Å². The van der Waals surface area contributed by atoms with E-state index in [1.54, 1.807) is 0 Å². The summed E-state index contributed by atoms with van der Waals surface area (Å²) in [4.78, 5) is 4.38. The smallest absolute Gasteiger partial charge is 0.188 e. The highest BCUT2D eigenvalue weighted by molar-refractivity contribution is 5.78. The molecule has 0 amide bonds. The van der Waals surface area contributed by atoms with Gasteiger partial charge in [0.25, 0.3) is 0 Å². The summed E-state index contributed by atoms with van der Waals surface area (Å²) in [6.45, 7) is 0.713. The van der Waals surface area contributed by atoms with Crippen molar-refractivity contribution < 1.29 is 0 Å². The molecule has 18 heavy (non-hydrogen) atoms. The number of nitrogens with one attached hydrogen (secondary N) is 1. The molecule has 1 fully saturated rings. The highest BCUT2D eigenvalue weighted by Crippen LogP contribution is 2.16. The van der Waals surface area contributed by atoms with Gasteiger partial charge in [-0.25, -0.2) is 0 Å². The Balaban J connectivity index is 1.73. The van der Waals surface area contributed by atoms with Crippen LogP contribution < -0.4 is 11.1 Å². The fourth-order valence-corrected chi connectivity index (χ4v) is 2.44. The Morgan fingerprint density at radius 1 is 1.50 bits per heavy atom. The van der Waals surface area contributed by atoms with Crippen LogP contribution in [0.25, 0.3) is 0 Å². The molecular formula is C13H23N5. The summed E-state index contributed by atoms with van der Waals surface area (Å²) in [5, 5.41) is 7.45. The average molecular weight is 249 g/mol. The summed E-state index contributed by atoms with van der Waals surface area (Å²) < 4.78 is 1.88. The van der Waals surface area contributed by atoms with Crippen LogP contribution in [0.2, 0.25) is 0 Å². The van der Waals surface area contributed by atoms with E-state index in [0.717, 1.165) is 6.42 Å². The van der Waals surface area contributed by atoms with Crippen LogP contribution in [-0.2, 0) is 13.5 Å². The molecule has 1 heterocycles. The molecular weight excluding hydrogens is 226 g/mol. The number of hydrogen-bond acceptors (Lipinski definition) is 2. The normalized spacial score (nSPS) is 17.9. The molecule has 0 aromatic carbocycles. The van der Waals surface area contributed by atoms with Gasteiger partial charge >= 0.3 is 0 Å². The van der Waals surface area contributed by atoms with Crippen LogP contribution in [0.1, 0.15) is 37.8 Å². The molecule has 1 aromatic rings. The second-order valence-corrected chi connectivity index (χ2v) is 4.94. The Hall–Kier alpha value is -1.52. The predicted molar refractivity (Wildman–Crippen MR) is 73.4 cm³/mol. The van der Waals surface area contributed by atoms with Gasteiger partial charge in [-0.1, -0.05) is 19.3 Å². The van der Waals surface area contributed by atoms with Crippen molar-refractivity contribution in [1.82, 2.24) is 15.1 Å². The molecule has 0 aliphatic heterocycles. The third kappa shape index (κ3) is 3.75. The van der Waals surface area contributed by atoms with E-state index in [9.17, 15) is 0 Å². The maximum atomic E-state index is 5.90. The predicted octanol–water partition coefficient (Wildman–Crippen LogP) is 1.20. The van der Waals surface area contributed by atoms with E-state index in [2.05, 4.69) is 15.4 Å². The zero-order chi connectivity index (χ0) is 12.8. The first-order chi connectivity index (χ1) is 8.75. The van der Waals surface area contributed by atoms with Crippen molar-refractivity contribution in [2.24, 2.45) is 17.8 Å². The first kappa shape index (κ1) is 12.9. The van der Waals surface area contributed by atoms with Crippen molar-refractivity contribution in [2.45, 2.75) is 44.6 Å². The van der Waals surface area contributed by atoms with Gasteiger partial charge < -0.3 is 11.1 Å². The van der Waals surface area contributed by atoms with Crippen LogP contribution in [0.4, 0.5) is 0 Å². The van der Waals surface area contributed by atoms with Crippen LogP contribution in [-0.4, -0.2) is 28.3 Å². The SMILES string of the molecule is Cn1nccc1CCN=C(N)NC1CCCCC1. The number of aliphatic imine (C=N–C) groups is 1. The second-order valence-electron chi connectivity index (χ2n) is 4.94. The molecule has 2 rings (SSSR count). The average Bonchev–Trinajstić information content (AvgIpc) is 2.76. The van der Waals surface area contributed by atoms with E-state index in [0.29, 0.717) is 18.5 Å². The molecule has 0 saturated heterocycles. The van der Waals surface area contributed by atoms with Crippen molar-refractivity contribution >= 4 is 5.96 Å². The van der Waals surface area contributed by atoms with E-state index < -0.39 is 0 Å². The Morgan fingerprint density at radius 2 is 2.28 bits per heavy atom. The van der Waals surface area contributed by atoms with E-state index in [4.69, 9.17) is 5.73 Å². The van der Waals surface area contributed by atoms with Gasteiger partial charge in [0, 0.05) is 37.9 Å². The van der Waals surface area contributed by atoms with Crippen LogP contribution in [0.15, 0.2) is 17.3 Å². The van der Waals surface area contributed by atoms with Gasteiger partial charge in [0.1, 0.15) is 0 Å². The maximum absolute atomic E-state index is 5.90. The number of hydrogen-bond donors (Lipinski definition) is 2. The van der Waals surface area contributed by atoms with Crippen LogP contribution in [0.3, 0.4) is 0 Å². The molecule has 0 bridgehead atoms. The molecule has 5 nitrogen and oxygen atoms in total. The lowest BCUT2D eigenvalue weighted by Crippen LogP contribution is -2.41. The summed E-state index contributed by atoms with van der Waals surface area (Å²) in [5.41, 5.74) is 7.08. The maximum Gasteiger partial charge on any atom is 0.188 e. The summed E-state index contributed by atoms with van der Waals surface area (Å²) in [6, 6.07) is 2.54. The monoisotopic (exact) mass is 249 g/mol. The van der Waals surface area contributed by atoms with Gasteiger partial charge in [-0.3, -0.25) is 9.67 Å².